The van der Waals surface area contributed by atoms with Crippen LogP contribution in [-0.4, -0.2) is 37.0 Å². The molecule has 6 heteroatoms. The molecule has 1 aromatic carbocycles. The molecule has 0 saturated carbocycles. The molecule has 0 bridgehead atoms. The molecule has 19 heavy (non-hydrogen) atoms. The van der Waals surface area contributed by atoms with Crippen LogP contribution in [0, 0.1) is 5.92 Å². The third-order valence-electron chi connectivity index (χ3n) is 3.61. The minimum absolute atomic E-state index is 0.203. The summed E-state index contributed by atoms with van der Waals surface area (Å²) in [6.07, 6.45) is 1.06. The molecule has 0 aromatic heterocycles. The summed E-state index contributed by atoms with van der Waals surface area (Å²) in [5.74, 6) is 0.203. The van der Waals surface area contributed by atoms with Gasteiger partial charge >= 0.3 is 0 Å². The van der Waals surface area contributed by atoms with Gasteiger partial charge in [-0.05, 0) is 43.9 Å². The Kier molecular flexibility index (Phi) is 4.66. The first-order valence-corrected chi connectivity index (χ1v) is 8.58. The van der Waals surface area contributed by atoms with E-state index >= 15 is 0 Å². The molecule has 4 nitrogen and oxygen atoms in total. The van der Waals surface area contributed by atoms with Crippen LogP contribution in [0.4, 0.5) is 0 Å². The molecule has 106 valence electrons. The van der Waals surface area contributed by atoms with Crippen LogP contribution in [0.1, 0.15) is 19.8 Å². The van der Waals surface area contributed by atoms with E-state index in [1.807, 2.05) is 0 Å². The van der Waals surface area contributed by atoms with Crippen molar-refractivity contribution in [1.29, 1.82) is 0 Å². The first-order valence-electron chi connectivity index (χ1n) is 6.35. The average molecular weight is 348 g/mol. The minimum atomic E-state index is -3.41. The first-order chi connectivity index (χ1) is 8.91. The Labute approximate surface area is 122 Å². The number of sulfonamides is 1. The van der Waals surface area contributed by atoms with E-state index in [1.54, 1.807) is 31.2 Å². The molecule has 1 heterocycles. The van der Waals surface area contributed by atoms with Crippen molar-refractivity contribution in [2.75, 3.05) is 13.1 Å². The maximum Gasteiger partial charge on any atom is 0.243 e. The maximum atomic E-state index is 12.5. The fourth-order valence-electron chi connectivity index (χ4n) is 2.38. The number of nitrogens with zero attached hydrogens (tertiary/aromatic N) is 1. The summed E-state index contributed by atoms with van der Waals surface area (Å²) in [6, 6.07) is 6.76. The molecular weight excluding hydrogens is 330 g/mol. The van der Waals surface area contributed by atoms with Gasteiger partial charge in [0.15, 0.2) is 0 Å². The van der Waals surface area contributed by atoms with Crippen LogP contribution < -0.4 is 0 Å². The molecule has 1 fully saturated rings. The predicted molar refractivity (Wildman–Crippen MR) is 77.3 cm³/mol. The predicted octanol–water partition coefficient (Wildman–Crippen LogP) is 2.23. The maximum absolute atomic E-state index is 12.5. The van der Waals surface area contributed by atoms with Gasteiger partial charge in [-0.25, -0.2) is 8.42 Å². The van der Waals surface area contributed by atoms with E-state index in [4.69, 9.17) is 0 Å². The van der Waals surface area contributed by atoms with Gasteiger partial charge in [0.2, 0.25) is 10.0 Å². The molecule has 0 radical (unpaired) electrons. The van der Waals surface area contributed by atoms with Crippen molar-refractivity contribution in [1.82, 2.24) is 4.31 Å². The smallest absolute Gasteiger partial charge is 0.243 e. The summed E-state index contributed by atoms with van der Waals surface area (Å²) < 4.78 is 27.2. The Morgan fingerprint density at radius 1 is 1.37 bits per heavy atom. The summed E-state index contributed by atoms with van der Waals surface area (Å²) in [6.45, 7) is 2.72. The number of rotatable bonds is 3. The van der Waals surface area contributed by atoms with Gasteiger partial charge in [0.1, 0.15) is 0 Å². The number of hydrogen-bond donors (Lipinski definition) is 1. The molecule has 1 unspecified atom stereocenters. The normalized spacial score (nSPS) is 20.4. The van der Waals surface area contributed by atoms with Gasteiger partial charge < -0.3 is 5.11 Å². The van der Waals surface area contributed by atoms with Gasteiger partial charge in [0.25, 0.3) is 0 Å². The summed E-state index contributed by atoms with van der Waals surface area (Å²) >= 11 is 3.29. The molecule has 2 rings (SSSR count). The monoisotopic (exact) mass is 347 g/mol. The van der Waals surface area contributed by atoms with Crippen LogP contribution in [0.15, 0.2) is 33.6 Å². The van der Waals surface area contributed by atoms with E-state index in [0.717, 1.165) is 4.47 Å². The lowest BCUT2D eigenvalue weighted by Gasteiger charge is -2.32. The highest BCUT2D eigenvalue weighted by atomic mass is 79.9. The summed E-state index contributed by atoms with van der Waals surface area (Å²) in [7, 11) is -3.41. The zero-order valence-electron chi connectivity index (χ0n) is 10.8. The molecule has 0 aliphatic carbocycles. The van der Waals surface area contributed by atoms with E-state index in [2.05, 4.69) is 15.9 Å². The number of piperidine rings is 1. The van der Waals surface area contributed by atoms with Crippen molar-refractivity contribution >= 4 is 26.0 Å². The molecule has 1 N–H and O–H groups in total. The van der Waals surface area contributed by atoms with Crippen LogP contribution in [0.25, 0.3) is 0 Å². The lowest BCUT2D eigenvalue weighted by atomic mass is 9.93. The fraction of sp³-hybridized carbons (Fsp3) is 0.538. The Hall–Kier alpha value is -0.430. The molecule has 1 aromatic rings. The topological polar surface area (TPSA) is 57.6 Å². The lowest BCUT2D eigenvalue weighted by molar-refractivity contribution is 0.0912. The van der Waals surface area contributed by atoms with E-state index < -0.39 is 10.0 Å². The summed E-state index contributed by atoms with van der Waals surface area (Å²) in [5.41, 5.74) is 0. The Bertz CT molecular complexity index is 537. The van der Waals surface area contributed by atoms with Crippen molar-refractivity contribution in [3.8, 4) is 0 Å². The largest absolute Gasteiger partial charge is 0.393 e. The number of hydrogen-bond acceptors (Lipinski definition) is 3. The standard InChI is InChI=1S/C13H18BrNO3S/c1-10(16)11-5-7-15(8-6-11)19(17,18)13-4-2-3-12(14)9-13/h2-4,9-11,16H,5-8H2,1H3. The number of aliphatic hydroxyl groups excluding tert-OH is 1. The van der Waals surface area contributed by atoms with Crippen molar-refractivity contribution < 1.29 is 13.5 Å². The minimum Gasteiger partial charge on any atom is -0.393 e. The zero-order valence-corrected chi connectivity index (χ0v) is 13.2. The SMILES string of the molecule is CC(O)C1CCN(S(=O)(=O)c2cccc(Br)c2)CC1. The highest BCUT2D eigenvalue weighted by Gasteiger charge is 2.30. The van der Waals surface area contributed by atoms with Gasteiger partial charge in [-0.1, -0.05) is 22.0 Å². The second-order valence-corrected chi connectivity index (χ2v) is 7.79. The van der Waals surface area contributed by atoms with E-state index in [0.29, 0.717) is 30.8 Å². The van der Waals surface area contributed by atoms with Crippen molar-refractivity contribution in [3.63, 3.8) is 0 Å². The highest BCUT2D eigenvalue weighted by Crippen LogP contribution is 2.26. The van der Waals surface area contributed by atoms with Crippen LogP contribution in [0.2, 0.25) is 0 Å². The number of benzene rings is 1. The zero-order chi connectivity index (χ0) is 14.0. The molecule has 1 aliphatic rings. The van der Waals surface area contributed by atoms with Crippen LogP contribution in [0.5, 0.6) is 0 Å². The summed E-state index contributed by atoms with van der Waals surface area (Å²) in [4.78, 5) is 0.317. The third-order valence-corrected chi connectivity index (χ3v) is 6.00. The quantitative estimate of drug-likeness (QED) is 0.911. The first kappa shape index (κ1) is 15.0. The average Bonchev–Trinajstić information content (AvgIpc) is 2.39. The fourth-order valence-corrected chi connectivity index (χ4v) is 4.44. The van der Waals surface area contributed by atoms with Crippen LogP contribution in [-0.2, 0) is 10.0 Å². The van der Waals surface area contributed by atoms with Gasteiger partial charge in [0.05, 0.1) is 11.0 Å². The van der Waals surface area contributed by atoms with Gasteiger partial charge in [0, 0.05) is 17.6 Å². The van der Waals surface area contributed by atoms with Gasteiger partial charge in [-0.3, -0.25) is 0 Å². The second kappa shape index (κ2) is 5.91. The van der Waals surface area contributed by atoms with Crippen molar-refractivity contribution in [3.05, 3.63) is 28.7 Å². The Balaban J connectivity index is 2.14. The Morgan fingerprint density at radius 3 is 2.53 bits per heavy atom. The Morgan fingerprint density at radius 2 is 2.00 bits per heavy atom. The van der Waals surface area contributed by atoms with E-state index in [-0.39, 0.29) is 12.0 Å². The van der Waals surface area contributed by atoms with Gasteiger partial charge in [-0.2, -0.15) is 4.31 Å². The van der Waals surface area contributed by atoms with Gasteiger partial charge in [-0.15, -0.1) is 0 Å². The third kappa shape index (κ3) is 3.37. The van der Waals surface area contributed by atoms with Crippen molar-refractivity contribution in [2.45, 2.75) is 30.8 Å². The molecule has 0 amide bonds. The summed E-state index contributed by atoms with van der Waals surface area (Å²) in [5, 5.41) is 9.55. The van der Waals surface area contributed by atoms with Crippen LogP contribution >= 0.6 is 15.9 Å². The van der Waals surface area contributed by atoms with Crippen molar-refractivity contribution in [2.24, 2.45) is 5.92 Å². The number of halogens is 1. The molecule has 0 spiro atoms. The highest BCUT2D eigenvalue weighted by molar-refractivity contribution is 9.10. The molecule has 1 saturated heterocycles. The number of aliphatic hydroxyl groups is 1. The lowest BCUT2D eigenvalue weighted by Crippen LogP contribution is -2.40. The van der Waals surface area contributed by atoms with Crippen LogP contribution in [0.3, 0.4) is 0 Å². The second-order valence-electron chi connectivity index (χ2n) is 4.94. The van der Waals surface area contributed by atoms with E-state index in [9.17, 15) is 13.5 Å². The molecular formula is C13H18BrNO3S. The molecule has 1 atom stereocenters. The molecule has 1 aliphatic heterocycles. The van der Waals surface area contributed by atoms with E-state index in [1.165, 1.54) is 4.31 Å².